The van der Waals surface area contributed by atoms with Crippen LogP contribution >= 0.6 is 11.3 Å². The second-order valence-electron chi connectivity index (χ2n) is 18.7. The number of rotatable bonds is 14. The fraction of sp³-hybridized carbons (Fsp3) is 0.417. The van der Waals surface area contributed by atoms with Gasteiger partial charge in [0.05, 0.1) is 56.1 Å². The highest BCUT2D eigenvalue weighted by atomic mass is 32.2. The van der Waals surface area contributed by atoms with Gasteiger partial charge in [0, 0.05) is 74.2 Å². The Hall–Kier alpha value is -6.32. The monoisotopic (exact) mass is 988 g/mol. The van der Waals surface area contributed by atoms with Crippen LogP contribution in [0.5, 0.6) is 0 Å². The normalized spacial score (nSPS) is 17.7. The molecule has 366 valence electrons. The number of hydrogen-bond acceptors (Lipinski definition) is 14. The average Bonchev–Trinajstić information content (AvgIpc) is 3.75. The van der Waals surface area contributed by atoms with Gasteiger partial charge in [-0.15, -0.1) is 11.3 Å². The maximum Gasteiger partial charge on any atom is 0.249 e. The topological polar surface area (TPSA) is 202 Å². The molecule has 3 aromatic carbocycles. The first-order valence-electron chi connectivity index (χ1n) is 22.9. The van der Waals surface area contributed by atoms with Crippen molar-refractivity contribution in [3.05, 3.63) is 89.3 Å². The lowest BCUT2D eigenvalue weighted by Crippen LogP contribution is -2.52. The number of piperidine rings is 2. The summed E-state index contributed by atoms with van der Waals surface area (Å²) in [5.41, 5.74) is 0.439. The van der Waals surface area contributed by atoms with Gasteiger partial charge < -0.3 is 30.4 Å². The van der Waals surface area contributed by atoms with E-state index >= 15 is 13.2 Å². The Balaban J connectivity index is 0.865. The van der Waals surface area contributed by atoms with E-state index in [1.165, 1.54) is 41.8 Å². The number of thiazole rings is 1. The predicted molar refractivity (Wildman–Crippen MR) is 261 cm³/mol. The zero-order chi connectivity index (χ0) is 49.3. The van der Waals surface area contributed by atoms with E-state index in [2.05, 4.69) is 25.7 Å². The van der Waals surface area contributed by atoms with Crippen molar-refractivity contribution in [2.24, 2.45) is 0 Å². The number of carbonyl (C=O) groups is 3. The highest BCUT2D eigenvalue weighted by Crippen LogP contribution is 2.42. The van der Waals surface area contributed by atoms with E-state index < -0.39 is 50.4 Å². The van der Waals surface area contributed by atoms with Crippen LogP contribution in [0.2, 0.25) is 0 Å². The highest BCUT2D eigenvalue weighted by Gasteiger charge is 2.37. The van der Waals surface area contributed by atoms with Gasteiger partial charge in [-0.1, -0.05) is 33.8 Å². The molecule has 0 unspecified atom stereocenters. The first kappa shape index (κ1) is 49.1. The summed E-state index contributed by atoms with van der Waals surface area (Å²) in [5.74, 6) is -2.77. The third-order valence-corrected chi connectivity index (χ3v) is 15.3. The lowest BCUT2D eigenvalue weighted by atomic mass is 9.87. The van der Waals surface area contributed by atoms with E-state index in [4.69, 9.17) is 9.97 Å². The summed E-state index contributed by atoms with van der Waals surface area (Å²) in [6, 6.07) is 14.7. The Morgan fingerprint density at radius 3 is 2.23 bits per heavy atom. The number of anilines is 6. The van der Waals surface area contributed by atoms with Gasteiger partial charge in [-0.2, -0.15) is 0 Å². The van der Waals surface area contributed by atoms with Crippen LogP contribution in [0.15, 0.2) is 66.9 Å². The average molecular weight is 989 g/mol. The molecule has 0 bridgehead atoms. The summed E-state index contributed by atoms with van der Waals surface area (Å²) in [4.78, 5) is 56.8. The molecule has 3 aliphatic heterocycles. The number of aliphatic hydroxyl groups is 1. The van der Waals surface area contributed by atoms with Crippen molar-refractivity contribution in [3.8, 4) is 21.8 Å². The van der Waals surface area contributed by atoms with E-state index in [-0.39, 0.29) is 60.4 Å². The van der Waals surface area contributed by atoms with Gasteiger partial charge in [-0.05, 0) is 80.3 Å². The van der Waals surface area contributed by atoms with Crippen LogP contribution in [0, 0.1) is 17.5 Å². The summed E-state index contributed by atoms with van der Waals surface area (Å²) >= 11 is 1.33. The standard InChI is InChI=1S/C48H55F3N10O6S2/c1-5-25-69(66,67)58-34-8-6-7-31(41(34)51)42-43(68-45(57-42)47(2,3)4)35-15-18-52-46(55-35)54-30-10-13-38(33(50)27-30)60-21-23-61(24-22-60)40(63)28-48(65)16-19-59(20-17-48)37-12-9-29(26-32(37)49)53-36-11-14-39(62)56-44(36)64/h6-10,12-13,15,18,26-27,36,53,58,65H,5,11,14,16-17,19-25,28H2,1-4H3,(H,52,54,55)(H,56,62,64)/t36-/m0/s1. The molecule has 5 N–H and O–H groups in total. The molecule has 21 heteroatoms. The largest absolute Gasteiger partial charge is 0.389 e. The number of carbonyl (C=O) groups excluding carboxylic acids is 3. The van der Waals surface area contributed by atoms with E-state index in [1.807, 2.05) is 30.6 Å². The maximum absolute atomic E-state index is 16.1. The van der Waals surface area contributed by atoms with Gasteiger partial charge in [0.1, 0.15) is 17.7 Å². The number of nitrogens with zero attached hydrogens (tertiary/aromatic N) is 6. The van der Waals surface area contributed by atoms with Crippen LogP contribution in [0.1, 0.15) is 71.2 Å². The minimum Gasteiger partial charge on any atom is -0.389 e. The molecular weight excluding hydrogens is 934 g/mol. The number of piperazine rings is 1. The van der Waals surface area contributed by atoms with Crippen LogP contribution in [0.3, 0.4) is 0 Å². The second kappa shape index (κ2) is 20.0. The van der Waals surface area contributed by atoms with Crippen molar-refractivity contribution < 1.29 is 41.1 Å². The smallest absolute Gasteiger partial charge is 0.249 e. The van der Waals surface area contributed by atoms with Crippen molar-refractivity contribution in [3.63, 3.8) is 0 Å². The summed E-state index contributed by atoms with van der Waals surface area (Å²) in [5, 5.41) is 20.5. The zero-order valence-electron chi connectivity index (χ0n) is 38.7. The Bertz CT molecular complexity index is 2860. The maximum atomic E-state index is 16.1. The molecular formula is C48H55F3N10O6S2. The molecule has 16 nitrogen and oxygen atoms in total. The van der Waals surface area contributed by atoms with Crippen LogP contribution in [-0.4, -0.2) is 108 Å². The first-order chi connectivity index (χ1) is 32.8. The Kier molecular flexibility index (Phi) is 14.2. The minimum atomic E-state index is -3.77. The van der Waals surface area contributed by atoms with Crippen molar-refractivity contribution in [1.29, 1.82) is 0 Å². The molecule has 5 heterocycles. The molecule has 8 rings (SSSR count). The third-order valence-electron chi connectivity index (χ3n) is 12.4. The summed E-state index contributed by atoms with van der Waals surface area (Å²) in [7, 11) is -3.77. The predicted octanol–water partition coefficient (Wildman–Crippen LogP) is 7.16. The molecule has 3 aliphatic rings. The van der Waals surface area contributed by atoms with Crippen molar-refractivity contribution in [2.75, 3.05) is 70.2 Å². The molecule has 3 amide bonds. The number of imide groups is 1. The van der Waals surface area contributed by atoms with Gasteiger partial charge in [0.2, 0.25) is 33.7 Å². The molecule has 3 saturated heterocycles. The lowest BCUT2D eigenvalue weighted by molar-refractivity contribution is -0.138. The minimum absolute atomic E-state index is 0.0920. The number of amides is 3. The van der Waals surface area contributed by atoms with Gasteiger partial charge in [-0.25, -0.2) is 36.5 Å². The quantitative estimate of drug-likeness (QED) is 0.0703. The number of hydrogen-bond donors (Lipinski definition) is 5. The van der Waals surface area contributed by atoms with Crippen LogP contribution < -0.4 is 30.5 Å². The van der Waals surface area contributed by atoms with Crippen molar-refractivity contribution in [1.82, 2.24) is 25.2 Å². The molecule has 2 aromatic heterocycles. The van der Waals surface area contributed by atoms with Gasteiger partial charge in [-0.3, -0.25) is 24.4 Å². The molecule has 0 aliphatic carbocycles. The van der Waals surface area contributed by atoms with Gasteiger partial charge in [0.15, 0.2) is 5.82 Å². The van der Waals surface area contributed by atoms with Crippen LogP contribution in [-0.2, 0) is 29.8 Å². The van der Waals surface area contributed by atoms with Crippen LogP contribution in [0.25, 0.3) is 21.8 Å². The molecule has 3 fully saturated rings. The Morgan fingerprint density at radius 1 is 0.913 bits per heavy atom. The fourth-order valence-corrected chi connectivity index (χ4v) is 10.8. The third kappa shape index (κ3) is 11.4. The first-order valence-corrected chi connectivity index (χ1v) is 25.4. The number of sulfonamides is 1. The molecule has 69 heavy (non-hydrogen) atoms. The fourth-order valence-electron chi connectivity index (χ4n) is 8.61. The molecule has 1 atom stereocenters. The lowest BCUT2D eigenvalue weighted by Gasteiger charge is -2.41. The van der Waals surface area contributed by atoms with Gasteiger partial charge >= 0.3 is 0 Å². The molecule has 0 saturated carbocycles. The zero-order valence-corrected chi connectivity index (χ0v) is 40.4. The van der Waals surface area contributed by atoms with Crippen molar-refractivity contribution in [2.45, 2.75) is 83.3 Å². The highest BCUT2D eigenvalue weighted by molar-refractivity contribution is 7.92. The summed E-state index contributed by atoms with van der Waals surface area (Å²) < 4.78 is 74.6. The summed E-state index contributed by atoms with van der Waals surface area (Å²) in [6.45, 7) is 9.70. The SMILES string of the molecule is CCCS(=O)(=O)Nc1cccc(-c2nc(C(C)(C)C)sc2-c2ccnc(Nc3ccc(N4CCN(C(=O)CC5(O)CCN(c6ccc(N[C@H]7CCC(=O)NC7=O)cc6F)CC5)CC4)c(F)c3)n2)c1F. The number of aromatic nitrogens is 3. The van der Waals surface area contributed by atoms with E-state index in [1.54, 1.807) is 48.2 Å². The van der Waals surface area contributed by atoms with Crippen molar-refractivity contribution >= 4 is 73.5 Å². The van der Waals surface area contributed by atoms with E-state index in [9.17, 15) is 27.9 Å². The Labute approximate surface area is 402 Å². The van der Waals surface area contributed by atoms with Gasteiger partial charge in [0.25, 0.3) is 0 Å². The number of nitrogens with one attached hydrogen (secondary N) is 4. The molecule has 5 aromatic rings. The molecule has 0 radical (unpaired) electrons. The Morgan fingerprint density at radius 2 is 1.58 bits per heavy atom. The second-order valence-corrected chi connectivity index (χ2v) is 21.5. The number of benzene rings is 3. The number of halogens is 3. The molecule has 0 spiro atoms. The van der Waals surface area contributed by atoms with E-state index in [0.717, 1.165) is 0 Å². The van der Waals surface area contributed by atoms with Crippen LogP contribution in [0.4, 0.5) is 47.6 Å². The van der Waals surface area contributed by atoms with E-state index in [0.29, 0.717) is 96.1 Å². The summed E-state index contributed by atoms with van der Waals surface area (Å²) in [6.07, 6.45) is 2.81.